The molecule has 0 aliphatic carbocycles. The van der Waals surface area contributed by atoms with Crippen molar-refractivity contribution in [2.45, 2.75) is 36.4 Å². The summed E-state index contributed by atoms with van der Waals surface area (Å²) in [5.41, 5.74) is 0.180. The largest absolute Gasteiger partial charge is 0.358 e. The van der Waals surface area contributed by atoms with E-state index in [0.29, 0.717) is 4.34 Å². The van der Waals surface area contributed by atoms with Gasteiger partial charge in [0.1, 0.15) is 5.82 Å². The standard InChI is InChI=1S/C14H17FN4OS2/c1-8(2)16-13-18-19-14(22-13)21-9(3)12(20)17-11-7-5-4-6-10(11)15/h4-9H,1-3H3,(H,16,18)(H,17,20)/t9-/m1/s1. The predicted octanol–water partition coefficient (Wildman–Crippen LogP) is 3.62. The van der Waals surface area contributed by atoms with E-state index in [1.165, 1.54) is 35.2 Å². The molecule has 22 heavy (non-hydrogen) atoms. The Kier molecular flexibility index (Phi) is 5.73. The smallest absolute Gasteiger partial charge is 0.237 e. The molecule has 0 saturated heterocycles. The number of nitrogens with one attached hydrogen (secondary N) is 2. The van der Waals surface area contributed by atoms with E-state index in [1.54, 1.807) is 19.1 Å². The number of nitrogens with zero attached hydrogens (tertiary/aromatic N) is 2. The highest BCUT2D eigenvalue weighted by Gasteiger charge is 2.18. The minimum Gasteiger partial charge on any atom is -0.358 e. The van der Waals surface area contributed by atoms with E-state index in [0.717, 1.165) is 5.13 Å². The summed E-state index contributed by atoms with van der Waals surface area (Å²) in [5.74, 6) is -0.726. The maximum atomic E-state index is 13.5. The van der Waals surface area contributed by atoms with E-state index < -0.39 is 11.1 Å². The highest BCUT2D eigenvalue weighted by Crippen LogP contribution is 2.29. The van der Waals surface area contributed by atoms with E-state index in [1.807, 2.05) is 13.8 Å². The fraction of sp³-hybridized carbons (Fsp3) is 0.357. The summed E-state index contributed by atoms with van der Waals surface area (Å²) in [6.07, 6.45) is 0. The number of benzene rings is 1. The third-order valence-corrected chi connectivity index (χ3v) is 4.64. The lowest BCUT2D eigenvalue weighted by molar-refractivity contribution is -0.115. The molecular formula is C14H17FN4OS2. The minimum absolute atomic E-state index is 0.180. The topological polar surface area (TPSA) is 66.9 Å². The van der Waals surface area contributed by atoms with Crippen LogP contribution >= 0.6 is 23.1 Å². The SMILES string of the molecule is CC(C)Nc1nnc(S[C@H](C)C(=O)Nc2ccccc2F)s1. The van der Waals surface area contributed by atoms with Crippen molar-refractivity contribution in [1.82, 2.24) is 10.2 Å². The van der Waals surface area contributed by atoms with Gasteiger partial charge in [0, 0.05) is 6.04 Å². The molecule has 1 atom stereocenters. The number of carbonyl (C=O) groups is 1. The van der Waals surface area contributed by atoms with Crippen molar-refractivity contribution in [2.75, 3.05) is 10.6 Å². The first-order valence-electron chi connectivity index (χ1n) is 6.78. The van der Waals surface area contributed by atoms with Crippen molar-refractivity contribution < 1.29 is 9.18 Å². The van der Waals surface area contributed by atoms with Crippen LogP contribution in [0.5, 0.6) is 0 Å². The molecule has 5 nitrogen and oxygen atoms in total. The van der Waals surface area contributed by atoms with Gasteiger partial charge in [-0.25, -0.2) is 4.39 Å². The summed E-state index contributed by atoms with van der Waals surface area (Å²) in [5, 5.41) is 14.1. The van der Waals surface area contributed by atoms with Crippen LogP contribution in [0.15, 0.2) is 28.6 Å². The monoisotopic (exact) mass is 340 g/mol. The van der Waals surface area contributed by atoms with Crippen molar-refractivity contribution in [2.24, 2.45) is 0 Å². The average Bonchev–Trinajstić information content (AvgIpc) is 2.87. The number of carbonyl (C=O) groups excluding carboxylic acids is 1. The van der Waals surface area contributed by atoms with E-state index >= 15 is 0 Å². The van der Waals surface area contributed by atoms with Crippen LogP contribution in [0.1, 0.15) is 20.8 Å². The first kappa shape index (κ1) is 16.7. The molecule has 0 fully saturated rings. The summed E-state index contributed by atoms with van der Waals surface area (Å²) < 4.78 is 14.2. The van der Waals surface area contributed by atoms with Gasteiger partial charge in [-0.2, -0.15) is 0 Å². The lowest BCUT2D eigenvalue weighted by Crippen LogP contribution is -2.22. The molecule has 8 heteroatoms. The third-order valence-electron chi connectivity index (χ3n) is 2.60. The van der Waals surface area contributed by atoms with Gasteiger partial charge in [-0.3, -0.25) is 4.79 Å². The number of para-hydroxylation sites is 1. The molecule has 0 bridgehead atoms. The number of anilines is 2. The van der Waals surface area contributed by atoms with Crippen molar-refractivity contribution in [1.29, 1.82) is 0 Å². The van der Waals surface area contributed by atoms with Crippen molar-refractivity contribution >= 4 is 39.8 Å². The van der Waals surface area contributed by atoms with E-state index in [4.69, 9.17) is 0 Å². The highest BCUT2D eigenvalue weighted by molar-refractivity contribution is 8.02. The second-order valence-electron chi connectivity index (χ2n) is 4.90. The van der Waals surface area contributed by atoms with E-state index in [-0.39, 0.29) is 17.6 Å². The average molecular weight is 340 g/mol. The molecule has 0 unspecified atom stereocenters. The lowest BCUT2D eigenvalue weighted by Gasteiger charge is -2.10. The number of hydrogen-bond donors (Lipinski definition) is 2. The number of amides is 1. The van der Waals surface area contributed by atoms with Crippen molar-refractivity contribution in [3.05, 3.63) is 30.1 Å². The predicted molar refractivity (Wildman–Crippen MR) is 89.0 cm³/mol. The maximum Gasteiger partial charge on any atom is 0.237 e. The van der Waals surface area contributed by atoms with Gasteiger partial charge in [0.2, 0.25) is 11.0 Å². The van der Waals surface area contributed by atoms with Gasteiger partial charge in [-0.1, -0.05) is 35.2 Å². The fourth-order valence-electron chi connectivity index (χ4n) is 1.56. The molecule has 2 aromatic rings. The third kappa shape index (κ3) is 4.67. The van der Waals surface area contributed by atoms with Crippen LogP contribution in [-0.2, 0) is 4.79 Å². The van der Waals surface area contributed by atoms with Gasteiger partial charge in [0.15, 0.2) is 4.34 Å². The number of rotatable bonds is 6. The van der Waals surface area contributed by atoms with E-state index in [9.17, 15) is 9.18 Å². The molecule has 0 spiro atoms. The number of halogens is 1. The normalized spacial score (nSPS) is 12.2. The summed E-state index contributed by atoms with van der Waals surface area (Å²) in [6.45, 7) is 5.77. The van der Waals surface area contributed by atoms with Gasteiger partial charge in [0.25, 0.3) is 0 Å². The number of aromatic nitrogens is 2. The Hall–Kier alpha value is -1.67. The molecule has 118 valence electrons. The molecule has 2 rings (SSSR count). The van der Waals surface area contributed by atoms with Crippen LogP contribution in [0, 0.1) is 5.82 Å². The first-order chi connectivity index (χ1) is 10.5. The lowest BCUT2D eigenvalue weighted by atomic mass is 10.3. The quantitative estimate of drug-likeness (QED) is 0.786. The molecule has 1 aromatic carbocycles. The molecule has 0 radical (unpaired) electrons. The second-order valence-corrected chi connectivity index (χ2v) is 7.47. The first-order valence-corrected chi connectivity index (χ1v) is 8.47. The Morgan fingerprint density at radius 1 is 1.27 bits per heavy atom. The maximum absolute atomic E-state index is 13.5. The van der Waals surface area contributed by atoms with Gasteiger partial charge in [-0.15, -0.1) is 10.2 Å². The number of thioether (sulfide) groups is 1. The van der Waals surface area contributed by atoms with Crippen LogP contribution in [-0.4, -0.2) is 27.4 Å². The van der Waals surface area contributed by atoms with Gasteiger partial charge >= 0.3 is 0 Å². The van der Waals surface area contributed by atoms with E-state index in [2.05, 4.69) is 20.8 Å². The van der Waals surface area contributed by atoms with Crippen LogP contribution in [0.4, 0.5) is 15.2 Å². The Morgan fingerprint density at radius 3 is 2.68 bits per heavy atom. The Morgan fingerprint density at radius 2 is 2.00 bits per heavy atom. The molecule has 1 heterocycles. The summed E-state index contributed by atoms with van der Waals surface area (Å²) in [4.78, 5) is 12.1. The fourth-order valence-corrected chi connectivity index (χ4v) is 3.61. The molecule has 0 saturated carbocycles. The second kappa shape index (κ2) is 7.55. The van der Waals surface area contributed by atoms with Crippen LogP contribution < -0.4 is 10.6 Å². The zero-order valence-electron chi connectivity index (χ0n) is 12.5. The molecule has 0 aliphatic rings. The minimum atomic E-state index is -0.451. The molecule has 2 N–H and O–H groups in total. The van der Waals surface area contributed by atoms with Crippen molar-refractivity contribution in [3.8, 4) is 0 Å². The van der Waals surface area contributed by atoms with Gasteiger partial charge in [-0.05, 0) is 32.9 Å². The summed E-state index contributed by atoms with van der Waals surface area (Å²) >= 11 is 2.69. The Labute approximate surface area is 136 Å². The molecule has 0 aliphatic heterocycles. The number of hydrogen-bond acceptors (Lipinski definition) is 6. The van der Waals surface area contributed by atoms with Gasteiger partial charge in [0.05, 0.1) is 10.9 Å². The zero-order chi connectivity index (χ0) is 16.1. The van der Waals surface area contributed by atoms with Crippen molar-refractivity contribution in [3.63, 3.8) is 0 Å². The molecular weight excluding hydrogens is 323 g/mol. The van der Waals surface area contributed by atoms with Gasteiger partial charge < -0.3 is 10.6 Å². The summed E-state index contributed by atoms with van der Waals surface area (Å²) in [6, 6.07) is 6.36. The van der Waals surface area contributed by atoms with Crippen LogP contribution in [0.3, 0.4) is 0 Å². The Bertz CT molecular complexity index is 647. The van der Waals surface area contributed by atoms with Crippen LogP contribution in [0.25, 0.3) is 0 Å². The summed E-state index contributed by atoms with van der Waals surface area (Å²) in [7, 11) is 0. The molecule has 1 amide bonds. The van der Waals surface area contributed by atoms with Crippen LogP contribution in [0.2, 0.25) is 0 Å². The zero-order valence-corrected chi connectivity index (χ0v) is 14.1. The highest BCUT2D eigenvalue weighted by atomic mass is 32.2. The molecule has 1 aromatic heterocycles. The Balaban J connectivity index is 1.94.